The number of carbonyl (C=O) groups is 1. The Balaban J connectivity index is 1.79. The number of ether oxygens (including phenoxy) is 2. The van der Waals surface area contributed by atoms with Gasteiger partial charge < -0.3 is 19.8 Å². The van der Waals surface area contributed by atoms with Crippen LogP contribution in [0.1, 0.15) is 10.4 Å². The third-order valence-electron chi connectivity index (χ3n) is 3.57. The summed E-state index contributed by atoms with van der Waals surface area (Å²) in [5, 5.41) is 2.86. The highest BCUT2D eigenvalue weighted by molar-refractivity contribution is 7.71. The lowest BCUT2D eigenvalue weighted by atomic mass is 10.2. The third-order valence-corrected chi connectivity index (χ3v) is 3.89. The second-order valence-electron chi connectivity index (χ2n) is 5.34. The Bertz CT molecular complexity index is 951. The van der Waals surface area contributed by atoms with Crippen LogP contribution in [-0.4, -0.2) is 40.8 Å². The minimum Gasteiger partial charge on any atom is -0.475 e. The van der Waals surface area contributed by atoms with Gasteiger partial charge in [-0.05, 0) is 42.5 Å². The molecule has 3 aromatic rings. The van der Waals surface area contributed by atoms with Crippen LogP contribution < -0.4 is 10.1 Å². The molecule has 0 bridgehead atoms. The molecule has 0 aliphatic heterocycles. The molecule has 2 heterocycles. The molecule has 0 aliphatic rings. The van der Waals surface area contributed by atoms with Crippen molar-refractivity contribution in [3.63, 3.8) is 0 Å². The van der Waals surface area contributed by atoms with Crippen LogP contribution in [-0.2, 0) is 4.74 Å². The van der Waals surface area contributed by atoms with Crippen molar-refractivity contribution >= 4 is 23.8 Å². The molecule has 0 spiro atoms. The number of pyridine rings is 1. The lowest BCUT2D eigenvalue weighted by molar-refractivity contribution is 0.101. The highest BCUT2D eigenvalue weighted by Crippen LogP contribution is 2.19. The first-order chi connectivity index (χ1) is 12.7. The van der Waals surface area contributed by atoms with Gasteiger partial charge in [0, 0.05) is 37.1 Å². The molecule has 3 rings (SSSR count). The number of methoxy groups -OCH3 is 1. The number of carbonyl (C=O) groups excluding carboxylic acids is 1. The summed E-state index contributed by atoms with van der Waals surface area (Å²) in [6, 6.07) is 10.7. The van der Waals surface area contributed by atoms with Crippen LogP contribution in [0.3, 0.4) is 0 Å². The molecule has 7 nitrogen and oxygen atoms in total. The number of nitrogens with zero attached hydrogens (tertiary/aromatic N) is 2. The highest BCUT2D eigenvalue weighted by atomic mass is 32.1. The van der Waals surface area contributed by atoms with Gasteiger partial charge in [0.05, 0.1) is 6.61 Å². The molecule has 8 heteroatoms. The molecule has 1 amide bonds. The molecular weight excluding hydrogens is 352 g/mol. The molecule has 26 heavy (non-hydrogen) atoms. The normalized spacial score (nSPS) is 10.5. The first kappa shape index (κ1) is 17.8. The average Bonchev–Trinajstić information content (AvgIpc) is 3.08. The Morgan fingerprint density at radius 3 is 2.96 bits per heavy atom. The fraction of sp³-hybridized carbons (Fsp3) is 0.167. The standard InChI is InChI=1S/C18H18N4O3S/c1-24-10-11-25-17-15(6-3-7-19-17)16(23)21-13-4-2-5-14(12-13)22-9-8-20-18(22)26/h2-9,12H,10-11H2,1H3,(H,20,26)(H,21,23). The first-order valence-corrected chi connectivity index (χ1v) is 8.34. The van der Waals surface area contributed by atoms with Crippen molar-refractivity contribution in [3.8, 4) is 11.6 Å². The van der Waals surface area contributed by atoms with Crippen molar-refractivity contribution in [2.75, 3.05) is 25.6 Å². The quantitative estimate of drug-likeness (QED) is 0.493. The minimum atomic E-state index is -0.305. The van der Waals surface area contributed by atoms with Crippen molar-refractivity contribution in [2.45, 2.75) is 0 Å². The predicted octanol–water partition coefficient (Wildman–Crippen LogP) is 3.21. The molecule has 1 aromatic carbocycles. The molecule has 2 N–H and O–H groups in total. The third kappa shape index (κ3) is 4.16. The van der Waals surface area contributed by atoms with Crippen molar-refractivity contribution in [1.29, 1.82) is 0 Å². The van der Waals surface area contributed by atoms with Gasteiger partial charge in [0.1, 0.15) is 12.2 Å². The van der Waals surface area contributed by atoms with E-state index in [4.69, 9.17) is 21.7 Å². The maximum absolute atomic E-state index is 12.6. The number of hydrogen-bond acceptors (Lipinski definition) is 5. The van der Waals surface area contributed by atoms with Crippen LogP contribution in [0.15, 0.2) is 55.0 Å². The Kier molecular flexibility index (Phi) is 5.77. The van der Waals surface area contributed by atoms with E-state index in [1.807, 2.05) is 29.0 Å². The van der Waals surface area contributed by atoms with E-state index in [2.05, 4.69) is 15.3 Å². The van der Waals surface area contributed by atoms with Crippen molar-refractivity contribution in [1.82, 2.24) is 14.5 Å². The summed E-state index contributed by atoms with van der Waals surface area (Å²) in [6.45, 7) is 0.728. The zero-order chi connectivity index (χ0) is 18.4. The topological polar surface area (TPSA) is 81.2 Å². The largest absolute Gasteiger partial charge is 0.475 e. The number of aromatic nitrogens is 3. The number of nitrogens with one attached hydrogen (secondary N) is 2. The Morgan fingerprint density at radius 1 is 1.31 bits per heavy atom. The van der Waals surface area contributed by atoms with Crippen molar-refractivity contribution in [2.24, 2.45) is 0 Å². The zero-order valence-corrected chi connectivity index (χ0v) is 15.0. The molecule has 0 fully saturated rings. The molecule has 0 unspecified atom stereocenters. The molecular formula is C18H18N4O3S. The van der Waals surface area contributed by atoms with Gasteiger partial charge in [-0.15, -0.1) is 0 Å². The summed E-state index contributed by atoms with van der Waals surface area (Å²) in [6.07, 6.45) is 5.16. The highest BCUT2D eigenvalue weighted by Gasteiger charge is 2.14. The monoisotopic (exact) mass is 370 g/mol. The average molecular weight is 370 g/mol. The summed E-state index contributed by atoms with van der Waals surface area (Å²) in [5.74, 6) is -0.0357. The maximum Gasteiger partial charge on any atom is 0.261 e. The predicted molar refractivity (Wildman–Crippen MR) is 101 cm³/mol. The van der Waals surface area contributed by atoms with Crippen LogP contribution in [0.4, 0.5) is 5.69 Å². The number of H-pyrrole nitrogens is 1. The van der Waals surface area contributed by atoms with Gasteiger partial charge in [0.15, 0.2) is 4.77 Å². The molecule has 0 radical (unpaired) electrons. The summed E-state index contributed by atoms with van der Waals surface area (Å²) < 4.78 is 12.9. The second kappa shape index (κ2) is 8.41. The van der Waals surface area contributed by atoms with E-state index in [1.54, 1.807) is 37.7 Å². The number of hydrogen-bond donors (Lipinski definition) is 2. The van der Waals surface area contributed by atoms with Crippen LogP contribution in [0, 0.1) is 4.77 Å². The molecule has 0 aliphatic carbocycles. The number of benzene rings is 1. The first-order valence-electron chi connectivity index (χ1n) is 7.93. The van der Waals surface area contributed by atoms with Crippen molar-refractivity contribution in [3.05, 3.63) is 65.3 Å². The van der Waals surface area contributed by atoms with E-state index in [-0.39, 0.29) is 11.8 Å². The molecule has 0 atom stereocenters. The number of amides is 1. The fourth-order valence-electron chi connectivity index (χ4n) is 2.36. The van der Waals surface area contributed by atoms with Gasteiger partial charge in [-0.1, -0.05) is 6.07 Å². The van der Waals surface area contributed by atoms with Gasteiger partial charge in [-0.2, -0.15) is 0 Å². The van der Waals surface area contributed by atoms with Crippen LogP contribution in [0.25, 0.3) is 5.69 Å². The number of rotatable bonds is 7. The summed E-state index contributed by atoms with van der Waals surface area (Å²) >= 11 is 5.23. The molecule has 0 saturated carbocycles. The smallest absolute Gasteiger partial charge is 0.261 e. The number of aromatic amines is 1. The fourth-order valence-corrected chi connectivity index (χ4v) is 2.59. The minimum absolute atomic E-state index is 0.269. The van der Waals surface area contributed by atoms with Crippen LogP contribution >= 0.6 is 12.2 Å². The van der Waals surface area contributed by atoms with Gasteiger partial charge in [-0.25, -0.2) is 4.98 Å². The maximum atomic E-state index is 12.6. The number of anilines is 1. The lowest BCUT2D eigenvalue weighted by Crippen LogP contribution is -2.15. The van der Waals surface area contributed by atoms with E-state index in [9.17, 15) is 4.79 Å². The van der Waals surface area contributed by atoms with Crippen molar-refractivity contribution < 1.29 is 14.3 Å². The number of imidazole rings is 1. The van der Waals surface area contributed by atoms with E-state index in [0.717, 1.165) is 5.69 Å². The summed E-state index contributed by atoms with van der Waals surface area (Å²) in [5.41, 5.74) is 1.84. The molecule has 0 saturated heterocycles. The Hall–Kier alpha value is -2.97. The molecule has 134 valence electrons. The zero-order valence-electron chi connectivity index (χ0n) is 14.1. The Morgan fingerprint density at radius 2 is 2.19 bits per heavy atom. The van der Waals surface area contributed by atoms with E-state index in [0.29, 0.717) is 29.2 Å². The van der Waals surface area contributed by atoms with E-state index in [1.165, 1.54) is 0 Å². The second-order valence-corrected chi connectivity index (χ2v) is 5.72. The van der Waals surface area contributed by atoms with Gasteiger partial charge in [-0.3, -0.25) is 9.36 Å². The SMILES string of the molecule is COCCOc1ncccc1C(=O)Nc1cccc(-n2cc[nH]c2=S)c1. The van der Waals surface area contributed by atoms with E-state index >= 15 is 0 Å². The summed E-state index contributed by atoms with van der Waals surface area (Å²) in [7, 11) is 1.58. The Labute approximate surface area is 155 Å². The van der Waals surface area contributed by atoms with Gasteiger partial charge >= 0.3 is 0 Å². The van der Waals surface area contributed by atoms with Gasteiger partial charge in [0.25, 0.3) is 5.91 Å². The van der Waals surface area contributed by atoms with E-state index < -0.39 is 0 Å². The van der Waals surface area contributed by atoms with Crippen LogP contribution in [0.2, 0.25) is 0 Å². The summed E-state index contributed by atoms with van der Waals surface area (Å²) in [4.78, 5) is 19.7. The lowest BCUT2D eigenvalue weighted by Gasteiger charge is -2.11. The van der Waals surface area contributed by atoms with Gasteiger partial charge in [0.2, 0.25) is 5.88 Å². The molecule has 2 aromatic heterocycles. The van der Waals surface area contributed by atoms with Crippen LogP contribution in [0.5, 0.6) is 5.88 Å².